The van der Waals surface area contributed by atoms with Crippen molar-refractivity contribution in [3.63, 3.8) is 0 Å². The van der Waals surface area contributed by atoms with Gasteiger partial charge in [0.25, 0.3) is 0 Å². The van der Waals surface area contributed by atoms with Crippen molar-refractivity contribution in [1.82, 2.24) is 4.98 Å². The second-order valence-electron chi connectivity index (χ2n) is 2.98. The first-order valence-corrected chi connectivity index (χ1v) is 7.30. The maximum absolute atomic E-state index is 11.6. The Morgan fingerprint density at radius 1 is 1.64 bits per heavy atom. The highest BCUT2D eigenvalue weighted by Gasteiger charge is 2.21. The molecule has 1 aromatic rings. The summed E-state index contributed by atoms with van der Waals surface area (Å²) < 4.78 is 23.4. The van der Waals surface area contributed by atoms with Gasteiger partial charge < -0.3 is 0 Å². The Hall–Kier alpha value is 0.160. The maximum atomic E-state index is 11.6. The Kier molecular flexibility index (Phi) is 4.18. The number of nitrogens with zero attached hydrogens (tertiary/aromatic N) is 1. The van der Waals surface area contributed by atoms with Crippen molar-refractivity contribution < 1.29 is 8.42 Å². The Bertz CT molecular complexity index is 402. The van der Waals surface area contributed by atoms with E-state index in [1.54, 1.807) is 6.92 Å². The lowest BCUT2D eigenvalue weighted by molar-refractivity contribution is 0.582. The van der Waals surface area contributed by atoms with Crippen LogP contribution in [0.5, 0.6) is 0 Å². The fraction of sp³-hybridized carbons (Fsp3) is 0.571. The summed E-state index contributed by atoms with van der Waals surface area (Å²) in [7, 11) is -3.31. The minimum atomic E-state index is -3.31. The summed E-state index contributed by atoms with van der Waals surface area (Å²) in [5.41, 5.74) is 0. The molecule has 0 amide bonds. The predicted molar refractivity (Wildman–Crippen MR) is 59.1 cm³/mol. The summed E-state index contributed by atoms with van der Waals surface area (Å²) in [5.74, 6) is 0.253. The molecule has 0 fully saturated rings. The summed E-state index contributed by atoms with van der Waals surface area (Å²) in [6, 6.07) is 0. The quantitative estimate of drug-likeness (QED) is 0.792. The zero-order valence-electron chi connectivity index (χ0n) is 7.41. The molecule has 0 saturated heterocycles. The van der Waals surface area contributed by atoms with Crippen LogP contribution in [-0.2, 0) is 9.84 Å². The second-order valence-corrected chi connectivity index (χ2v) is 6.74. The lowest BCUT2D eigenvalue weighted by atomic mass is 10.3. The van der Waals surface area contributed by atoms with Crippen molar-refractivity contribution in [2.75, 3.05) is 11.6 Å². The number of thiazole rings is 1. The lowest BCUT2D eigenvalue weighted by Crippen LogP contribution is -2.14. The second kappa shape index (κ2) is 4.79. The van der Waals surface area contributed by atoms with Gasteiger partial charge in [-0.1, -0.05) is 18.5 Å². The summed E-state index contributed by atoms with van der Waals surface area (Å²) >= 11 is 12.1. The third-order valence-electron chi connectivity index (χ3n) is 1.49. The van der Waals surface area contributed by atoms with E-state index in [0.717, 1.165) is 11.3 Å². The third kappa shape index (κ3) is 3.08. The Balaban J connectivity index is 2.86. The fourth-order valence-corrected chi connectivity index (χ4v) is 4.01. The zero-order chi connectivity index (χ0) is 10.8. The number of aromatic nitrogens is 1. The summed E-state index contributed by atoms with van der Waals surface area (Å²) in [6.07, 6.45) is 0. The number of rotatable bonds is 4. The molecule has 0 spiro atoms. The van der Waals surface area contributed by atoms with Crippen molar-refractivity contribution in [2.24, 2.45) is 5.92 Å². The van der Waals surface area contributed by atoms with Crippen LogP contribution in [0.1, 0.15) is 6.92 Å². The maximum Gasteiger partial charge on any atom is 0.210 e. The number of sulfone groups is 1. The molecular formula is C7H9Cl2NO2S2. The van der Waals surface area contributed by atoms with Gasteiger partial charge in [0.15, 0.2) is 0 Å². The van der Waals surface area contributed by atoms with Crippen LogP contribution >= 0.6 is 34.5 Å². The number of hydrogen-bond acceptors (Lipinski definition) is 4. The number of alkyl halides is 1. The van der Waals surface area contributed by atoms with Gasteiger partial charge in [0.2, 0.25) is 14.2 Å². The van der Waals surface area contributed by atoms with E-state index >= 15 is 0 Å². The highest BCUT2D eigenvalue weighted by molar-refractivity contribution is 7.93. The average molecular weight is 274 g/mol. The highest BCUT2D eigenvalue weighted by Crippen LogP contribution is 2.21. The Morgan fingerprint density at radius 2 is 2.29 bits per heavy atom. The largest absolute Gasteiger partial charge is 0.221 e. The summed E-state index contributed by atoms with van der Waals surface area (Å²) in [5, 5.41) is 1.71. The average Bonchev–Trinajstić information content (AvgIpc) is 2.51. The molecule has 1 rings (SSSR count). The fourth-order valence-electron chi connectivity index (χ4n) is 0.872. The molecule has 1 aromatic heterocycles. The summed E-state index contributed by atoms with van der Waals surface area (Å²) in [4.78, 5) is 3.72. The van der Waals surface area contributed by atoms with Crippen LogP contribution in [0.3, 0.4) is 0 Å². The first-order valence-electron chi connectivity index (χ1n) is 3.85. The van der Waals surface area contributed by atoms with Crippen molar-refractivity contribution in [3.8, 4) is 0 Å². The van der Waals surface area contributed by atoms with E-state index in [4.69, 9.17) is 23.2 Å². The number of halogens is 2. The minimum absolute atomic E-state index is 0.0142. The molecule has 1 atom stereocenters. The summed E-state index contributed by atoms with van der Waals surface area (Å²) in [6.45, 7) is 1.78. The van der Waals surface area contributed by atoms with Gasteiger partial charge in [0.05, 0.1) is 5.75 Å². The van der Waals surface area contributed by atoms with Crippen LogP contribution in [0.4, 0.5) is 0 Å². The van der Waals surface area contributed by atoms with E-state index in [1.165, 1.54) is 5.38 Å². The van der Waals surface area contributed by atoms with Crippen molar-refractivity contribution in [3.05, 3.63) is 10.5 Å². The van der Waals surface area contributed by atoms with Gasteiger partial charge in [-0.2, -0.15) is 0 Å². The first-order chi connectivity index (χ1) is 6.45. The Morgan fingerprint density at radius 3 is 2.71 bits per heavy atom. The molecule has 1 unspecified atom stereocenters. The molecule has 0 aliphatic rings. The topological polar surface area (TPSA) is 47.0 Å². The normalized spacial score (nSPS) is 14.2. The zero-order valence-corrected chi connectivity index (χ0v) is 10.5. The molecule has 0 bridgehead atoms. The van der Waals surface area contributed by atoms with Crippen LogP contribution in [0.25, 0.3) is 0 Å². The molecule has 0 aromatic carbocycles. The molecule has 0 radical (unpaired) electrons. The van der Waals surface area contributed by atoms with E-state index in [-0.39, 0.29) is 21.2 Å². The molecule has 0 saturated carbocycles. The standard InChI is InChI=1S/C7H9Cl2NO2S2/c1-5(2-8)4-14(11,12)7-10-6(9)3-13-7/h3,5H,2,4H2,1H3. The van der Waals surface area contributed by atoms with Gasteiger partial charge in [-0.15, -0.1) is 22.9 Å². The highest BCUT2D eigenvalue weighted by atomic mass is 35.5. The van der Waals surface area contributed by atoms with Crippen molar-refractivity contribution in [2.45, 2.75) is 11.3 Å². The van der Waals surface area contributed by atoms with Crippen molar-refractivity contribution >= 4 is 44.4 Å². The van der Waals surface area contributed by atoms with E-state index in [1.807, 2.05) is 0 Å². The third-order valence-corrected chi connectivity index (χ3v) is 5.65. The van der Waals surface area contributed by atoms with Gasteiger partial charge in [0, 0.05) is 11.3 Å². The molecule has 14 heavy (non-hydrogen) atoms. The molecular weight excluding hydrogens is 265 g/mol. The van der Waals surface area contributed by atoms with Crippen LogP contribution in [0.15, 0.2) is 9.72 Å². The van der Waals surface area contributed by atoms with E-state index in [2.05, 4.69) is 4.98 Å². The van der Waals surface area contributed by atoms with Crippen LogP contribution < -0.4 is 0 Å². The molecule has 0 aliphatic carbocycles. The predicted octanol–water partition coefficient (Wildman–Crippen LogP) is 2.45. The molecule has 1 heterocycles. The Labute approximate surface area is 97.0 Å². The molecule has 7 heteroatoms. The van der Waals surface area contributed by atoms with Gasteiger partial charge in [-0.05, 0) is 5.92 Å². The van der Waals surface area contributed by atoms with Crippen molar-refractivity contribution in [1.29, 1.82) is 0 Å². The van der Waals surface area contributed by atoms with Gasteiger partial charge in [-0.3, -0.25) is 0 Å². The molecule has 0 aliphatic heterocycles. The SMILES string of the molecule is CC(CCl)CS(=O)(=O)c1nc(Cl)cs1. The first kappa shape index (κ1) is 12.2. The molecule has 80 valence electrons. The monoisotopic (exact) mass is 273 g/mol. The van der Waals surface area contributed by atoms with E-state index in [0.29, 0.717) is 5.88 Å². The molecule has 0 N–H and O–H groups in total. The van der Waals surface area contributed by atoms with Crippen LogP contribution in [0.2, 0.25) is 5.15 Å². The van der Waals surface area contributed by atoms with E-state index in [9.17, 15) is 8.42 Å². The smallest absolute Gasteiger partial charge is 0.210 e. The number of hydrogen-bond donors (Lipinski definition) is 0. The molecule has 3 nitrogen and oxygen atoms in total. The van der Waals surface area contributed by atoms with Gasteiger partial charge in [0.1, 0.15) is 5.15 Å². The van der Waals surface area contributed by atoms with Crippen LogP contribution in [-0.4, -0.2) is 25.0 Å². The van der Waals surface area contributed by atoms with E-state index < -0.39 is 9.84 Å². The van der Waals surface area contributed by atoms with Crippen LogP contribution in [0, 0.1) is 5.92 Å². The lowest BCUT2D eigenvalue weighted by Gasteiger charge is -2.05. The minimum Gasteiger partial charge on any atom is -0.221 e. The van der Waals surface area contributed by atoms with Gasteiger partial charge >= 0.3 is 0 Å². The van der Waals surface area contributed by atoms with Gasteiger partial charge in [-0.25, -0.2) is 13.4 Å².